The zero-order valence-electron chi connectivity index (χ0n) is 12.7. The van der Waals surface area contributed by atoms with Crippen LogP contribution >= 0.6 is 0 Å². The molecular formula is C16H25N3O. The van der Waals surface area contributed by atoms with Gasteiger partial charge in [0, 0.05) is 45.3 Å². The molecule has 4 nitrogen and oxygen atoms in total. The van der Waals surface area contributed by atoms with E-state index >= 15 is 0 Å². The number of aryl methyl sites for hydroxylation is 1. The number of amides is 1. The molecule has 0 bridgehead atoms. The second kappa shape index (κ2) is 6.75. The van der Waals surface area contributed by atoms with Gasteiger partial charge in [-0.15, -0.1) is 0 Å². The minimum Gasteiger partial charge on any atom is -0.374 e. The molecule has 2 rings (SSSR count). The zero-order valence-corrected chi connectivity index (χ0v) is 12.7. The summed E-state index contributed by atoms with van der Waals surface area (Å²) in [6, 6.07) is 7.23. The molecule has 4 heteroatoms. The molecule has 0 aromatic heterocycles. The van der Waals surface area contributed by atoms with Crippen molar-refractivity contribution in [3.8, 4) is 0 Å². The summed E-state index contributed by atoms with van der Waals surface area (Å²) in [6.45, 7) is 3.76. The van der Waals surface area contributed by atoms with Crippen molar-refractivity contribution in [1.29, 1.82) is 0 Å². The first-order chi connectivity index (χ1) is 9.60. The van der Waals surface area contributed by atoms with Gasteiger partial charge in [0.25, 0.3) is 0 Å². The van der Waals surface area contributed by atoms with Crippen molar-refractivity contribution in [3.63, 3.8) is 0 Å². The SMILES string of the molecule is CNC(=O)CCN(C)c1ccc(C)cc1CNC1CC1. The van der Waals surface area contributed by atoms with Crippen LogP contribution in [-0.2, 0) is 11.3 Å². The van der Waals surface area contributed by atoms with E-state index in [1.54, 1.807) is 7.05 Å². The molecule has 0 atom stereocenters. The summed E-state index contributed by atoms with van der Waals surface area (Å²) in [5.74, 6) is 0.0848. The Morgan fingerprint density at radius 3 is 2.80 bits per heavy atom. The number of nitrogens with one attached hydrogen (secondary N) is 2. The molecule has 1 aromatic rings. The van der Waals surface area contributed by atoms with E-state index in [0.717, 1.165) is 13.1 Å². The number of hydrogen-bond acceptors (Lipinski definition) is 3. The third kappa shape index (κ3) is 4.23. The molecule has 0 aliphatic heterocycles. The number of rotatable bonds is 7. The maximum atomic E-state index is 11.4. The molecular weight excluding hydrogens is 250 g/mol. The number of hydrogen-bond donors (Lipinski definition) is 2. The van der Waals surface area contributed by atoms with Crippen LogP contribution in [0.25, 0.3) is 0 Å². The molecule has 1 amide bonds. The van der Waals surface area contributed by atoms with Gasteiger partial charge >= 0.3 is 0 Å². The van der Waals surface area contributed by atoms with Crippen molar-refractivity contribution < 1.29 is 4.79 Å². The third-order valence-corrected chi connectivity index (χ3v) is 3.76. The van der Waals surface area contributed by atoms with E-state index in [2.05, 4.69) is 40.7 Å². The summed E-state index contributed by atoms with van der Waals surface area (Å²) in [5.41, 5.74) is 3.81. The molecule has 110 valence electrons. The molecule has 0 heterocycles. The highest BCUT2D eigenvalue weighted by Crippen LogP contribution is 2.24. The molecule has 1 saturated carbocycles. The number of nitrogens with zero attached hydrogens (tertiary/aromatic N) is 1. The van der Waals surface area contributed by atoms with Gasteiger partial charge in [-0.1, -0.05) is 17.7 Å². The van der Waals surface area contributed by atoms with Gasteiger partial charge in [0.1, 0.15) is 0 Å². The largest absolute Gasteiger partial charge is 0.374 e. The van der Waals surface area contributed by atoms with Crippen LogP contribution in [0.15, 0.2) is 18.2 Å². The number of anilines is 1. The smallest absolute Gasteiger partial charge is 0.221 e. The topological polar surface area (TPSA) is 44.4 Å². The van der Waals surface area contributed by atoms with Crippen molar-refractivity contribution in [1.82, 2.24) is 10.6 Å². The van der Waals surface area contributed by atoms with Gasteiger partial charge in [-0.2, -0.15) is 0 Å². The maximum Gasteiger partial charge on any atom is 0.221 e. The Balaban J connectivity index is 2.01. The van der Waals surface area contributed by atoms with Crippen LogP contribution < -0.4 is 15.5 Å². The highest BCUT2D eigenvalue weighted by atomic mass is 16.1. The maximum absolute atomic E-state index is 11.4. The second-order valence-corrected chi connectivity index (χ2v) is 5.63. The van der Waals surface area contributed by atoms with Gasteiger partial charge in [0.2, 0.25) is 5.91 Å². The quantitative estimate of drug-likeness (QED) is 0.798. The normalized spacial score (nSPS) is 14.2. The molecule has 1 aliphatic rings. The summed E-state index contributed by atoms with van der Waals surface area (Å²) < 4.78 is 0. The zero-order chi connectivity index (χ0) is 14.5. The van der Waals surface area contributed by atoms with Crippen LogP contribution in [0, 0.1) is 6.92 Å². The molecule has 0 spiro atoms. The summed E-state index contributed by atoms with van der Waals surface area (Å²) in [6.07, 6.45) is 3.12. The second-order valence-electron chi connectivity index (χ2n) is 5.63. The molecule has 0 radical (unpaired) electrons. The lowest BCUT2D eigenvalue weighted by Crippen LogP contribution is -2.27. The van der Waals surface area contributed by atoms with Gasteiger partial charge in [-0.05, 0) is 31.4 Å². The summed E-state index contributed by atoms with van der Waals surface area (Å²) >= 11 is 0. The lowest BCUT2D eigenvalue weighted by molar-refractivity contribution is -0.120. The highest BCUT2D eigenvalue weighted by molar-refractivity contribution is 5.76. The lowest BCUT2D eigenvalue weighted by atomic mass is 10.1. The summed E-state index contributed by atoms with van der Waals surface area (Å²) in [7, 11) is 3.73. The Morgan fingerprint density at radius 2 is 2.15 bits per heavy atom. The predicted octanol–water partition coefficient (Wildman–Crippen LogP) is 1.82. The van der Waals surface area contributed by atoms with Crippen molar-refractivity contribution in [2.75, 3.05) is 25.5 Å². The first-order valence-corrected chi connectivity index (χ1v) is 7.35. The summed E-state index contributed by atoms with van der Waals surface area (Å²) in [5, 5.41) is 6.23. The first-order valence-electron chi connectivity index (χ1n) is 7.35. The molecule has 0 saturated heterocycles. The van der Waals surface area contributed by atoms with E-state index in [0.29, 0.717) is 12.5 Å². The average Bonchev–Trinajstić information content (AvgIpc) is 3.26. The van der Waals surface area contributed by atoms with Crippen molar-refractivity contribution in [2.24, 2.45) is 0 Å². The Hall–Kier alpha value is -1.55. The van der Waals surface area contributed by atoms with E-state index in [4.69, 9.17) is 0 Å². The van der Waals surface area contributed by atoms with Crippen LogP contribution in [0.5, 0.6) is 0 Å². The standard InChI is InChI=1S/C16H25N3O/c1-12-4-7-15(19(3)9-8-16(20)17-2)13(10-12)11-18-14-5-6-14/h4,7,10,14,18H,5-6,8-9,11H2,1-3H3,(H,17,20). The van der Waals surface area contributed by atoms with E-state index in [1.165, 1.54) is 29.7 Å². The third-order valence-electron chi connectivity index (χ3n) is 3.76. The molecule has 1 aromatic carbocycles. The van der Waals surface area contributed by atoms with Crippen LogP contribution in [0.1, 0.15) is 30.4 Å². The fourth-order valence-electron chi connectivity index (χ4n) is 2.28. The minimum atomic E-state index is 0.0848. The Morgan fingerprint density at radius 1 is 1.40 bits per heavy atom. The molecule has 20 heavy (non-hydrogen) atoms. The molecule has 0 unspecified atom stereocenters. The monoisotopic (exact) mass is 275 g/mol. The first kappa shape index (κ1) is 14.9. The van der Waals surface area contributed by atoms with Gasteiger partial charge < -0.3 is 15.5 Å². The van der Waals surface area contributed by atoms with Crippen molar-refractivity contribution >= 4 is 11.6 Å². The van der Waals surface area contributed by atoms with Crippen LogP contribution in [-0.4, -0.2) is 32.6 Å². The Labute approximate surface area is 121 Å². The van der Waals surface area contributed by atoms with Gasteiger partial charge in [-0.25, -0.2) is 0 Å². The summed E-state index contributed by atoms with van der Waals surface area (Å²) in [4.78, 5) is 13.5. The van der Waals surface area contributed by atoms with E-state index in [1.807, 2.05) is 7.05 Å². The van der Waals surface area contributed by atoms with E-state index in [9.17, 15) is 4.79 Å². The van der Waals surface area contributed by atoms with Crippen molar-refractivity contribution in [2.45, 2.75) is 38.8 Å². The number of carbonyl (C=O) groups is 1. The molecule has 2 N–H and O–H groups in total. The van der Waals surface area contributed by atoms with Crippen LogP contribution in [0.3, 0.4) is 0 Å². The van der Waals surface area contributed by atoms with E-state index < -0.39 is 0 Å². The Bertz CT molecular complexity index is 469. The van der Waals surface area contributed by atoms with Crippen molar-refractivity contribution in [3.05, 3.63) is 29.3 Å². The lowest BCUT2D eigenvalue weighted by Gasteiger charge is -2.23. The Kier molecular flexibility index (Phi) is 5.01. The highest BCUT2D eigenvalue weighted by Gasteiger charge is 2.20. The minimum absolute atomic E-state index is 0.0848. The fourth-order valence-corrected chi connectivity index (χ4v) is 2.28. The molecule has 1 aliphatic carbocycles. The fraction of sp³-hybridized carbons (Fsp3) is 0.562. The predicted molar refractivity (Wildman–Crippen MR) is 83.0 cm³/mol. The number of carbonyl (C=O) groups excluding carboxylic acids is 1. The van der Waals surface area contributed by atoms with Crippen LogP contribution in [0.4, 0.5) is 5.69 Å². The molecule has 1 fully saturated rings. The van der Waals surface area contributed by atoms with Gasteiger partial charge in [-0.3, -0.25) is 4.79 Å². The average molecular weight is 275 g/mol. The van der Waals surface area contributed by atoms with Gasteiger partial charge in [0.05, 0.1) is 0 Å². The van der Waals surface area contributed by atoms with Gasteiger partial charge in [0.15, 0.2) is 0 Å². The number of benzene rings is 1. The van der Waals surface area contributed by atoms with Crippen LogP contribution in [0.2, 0.25) is 0 Å². The van der Waals surface area contributed by atoms with E-state index in [-0.39, 0.29) is 5.91 Å².